The Morgan fingerprint density at radius 3 is 2.30 bits per heavy atom. The van der Waals surface area contributed by atoms with Gasteiger partial charge in [-0.15, -0.1) is 0 Å². The zero-order valence-corrected chi connectivity index (χ0v) is 5.34. The third-order valence-corrected chi connectivity index (χ3v) is 1.17. The van der Waals surface area contributed by atoms with Gasteiger partial charge in [0.2, 0.25) is 0 Å². The van der Waals surface area contributed by atoms with Gasteiger partial charge in [0.25, 0.3) is 0 Å². The molecule has 0 spiro atoms. The van der Waals surface area contributed by atoms with Gasteiger partial charge in [-0.3, -0.25) is 0 Å². The Balaban J connectivity index is 3.80. The average Bonchev–Trinajstić information content (AvgIpc) is 2.00. The Hall–Kier alpha value is -0.490. The first-order valence-corrected chi connectivity index (χ1v) is 2.81. The number of aldehydes is 1. The van der Waals surface area contributed by atoms with Crippen LogP contribution in [0.25, 0.3) is 0 Å². The predicted molar refractivity (Wildman–Crippen MR) is 33.1 cm³/mol. The normalized spacial score (nSPS) is 19.6. The molecule has 0 saturated carbocycles. The molecule has 10 heavy (non-hydrogen) atoms. The minimum atomic E-state index is -1.41. The summed E-state index contributed by atoms with van der Waals surface area (Å²) in [4.78, 5) is 9.84. The Morgan fingerprint density at radius 1 is 1.50 bits per heavy atom. The lowest BCUT2D eigenvalue weighted by molar-refractivity contribution is -0.117. The van der Waals surface area contributed by atoms with Gasteiger partial charge in [-0.1, -0.05) is 0 Å². The number of rotatable bonds is 4. The summed E-state index contributed by atoms with van der Waals surface area (Å²) in [6, 6.07) is -1.11. The summed E-state index contributed by atoms with van der Waals surface area (Å²) < 4.78 is 0. The number of nitrogens with two attached hydrogens (primary N) is 1. The molecule has 0 aliphatic rings. The van der Waals surface area contributed by atoms with Gasteiger partial charge in [0.15, 0.2) is 0 Å². The highest BCUT2D eigenvalue weighted by Gasteiger charge is 2.21. The van der Waals surface area contributed by atoms with Crippen molar-refractivity contribution in [2.45, 2.75) is 18.2 Å². The van der Waals surface area contributed by atoms with E-state index < -0.39 is 24.9 Å². The van der Waals surface area contributed by atoms with Crippen molar-refractivity contribution in [1.29, 1.82) is 0 Å². The van der Waals surface area contributed by atoms with Crippen LogP contribution < -0.4 is 5.73 Å². The Bertz CT molecular complexity index is 108. The number of carbonyl (C=O) groups is 1. The fourth-order valence-corrected chi connectivity index (χ4v) is 0.440. The van der Waals surface area contributed by atoms with Crippen LogP contribution in [-0.2, 0) is 4.79 Å². The van der Waals surface area contributed by atoms with Gasteiger partial charge in [0.05, 0.1) is 18.8 Å². The SMILES string of the molecule is N[C@H]([C@H](O)CO)[C@@H](O)C=O. The van der Waals surface area contributed by atoms with Crippen LogP contribution in [-0.4, -0.2) is 46.5 Å². The van der Waals surface area contributed by atoms with Crippen molar-refractivity contribution in [1.82, 2.24) is 0 Å². The highest BCUT2D eigenvalue weighted by Crippen LogP contribution is 1.93. The van der Waals surface area contributed by atoms with Crippen molar-refractivity contribution < 1.29 is 20.1 Å². The standard InChI is InChI=1S/C5H11NO4/c6-5(3(9)1-7)4(10)2-8/h1,3-5,8-10H,2,6H2/t3-,4+,5-/m0/s1. The molecule has 3 atom stereocenters. The minimum Gasteiger partial charge on any atom is -0.394 e. The maximum atomic E-state index is 9.84. The van der Waals surface area contributed by atoms with Crippen molar-refractivity contribution in [3.05, 3.63) is 0 Å². The van der Waals surface area contributed by atoms with Crippen LogP contribution in [0.15, 0.2) is 0 Å². The Kier molecular flexibility index (Phi) is 4.13. The highest BCUT2D eigenvalue weighted by molar-refractivity contribution is 5.57. The van der Waals surface area contributed by atoms with E-state index >= 15 is 0 Å². The summed E-state index contributed by atoms with van der Waals surface area (Å²) in [5.41, 5.74) is 5.09. The summed E-state index contributed by atoms with van der Waals surface area (Å²) in [7, 11) is 0. The molecule has 0 rings (SSSR count). The molecule has 0 bridgehead atoms. The fraction of sp³-hybridized carbons (Fsp3) is 0.800. The summed E-state index contributed by atoms with van der Waals surface area (Å²) in [6.07, 6.45) is -2.45. The predicted octanol–water partition coefficient (Wildman–Crippen LogP) is -2.77. The number of hydrogen-bond donors (Lipinski definition) is 4. The molecule has 0 aliphatic heterocycles. The molecule has 0 aromatic heterocycles. The van der Waals surface area contributed by atoms with E-state index in [4.69, 9.17) is 21.1 Å². The molecular formula is C5H11NO4. The van der Waals surface area contributed by atoms with Crippen molar-refractivity contribution in [3.63, 3.8) is 0 Å². The van der Waals surface area contributed by atoms with Gasteiger partial charge in [0, 0.05) is 0 Å². The second-order valence-corrected chi connectivity index (χ2v) is 1.95. The molecule has 5 heteroatoms. The monoisotopic (exact) mass is 149 g/mol. The zero-order chi connectivity index (χ0) is 8.15. The van der Waals surface area contributed by atoms with Gasteiger partial charge in [-0.25, -0.2) is 0 Å². The minimum absolute atomic E-state index is 0.212. The maximum absolute atomic E-state index is 9.84. The molecule has 60 valence electrons. The lowest BCUT2D eigenvalue weighted by Crippen LogP contribution is -2.47. The van der Waals surface area contributed by atoms with Crippen LogP contribution in [0.1, 0.15) is 0 Å². The molecule has 0 amide bonds. The van der Waals surface area contributed by atoms with E-state index in [1.54, 1.807) is 0 Å². The molecule has 0 aromatic carbocycles. The van der Waals surface area contributed by atoms with Crippen LogP contribution in [0.3, 0.4) is 0 Å². The van der Waals surface area contributed by atoms with Gasteiger partial charge >= 0.3 is 0 Å². The third-order valence-electron chi connectivity index (χ3n) is 1.17. The number of aliphatic hydroxyl groups is 3. The lowest BCUT2D eigenvalue weighted by Gasteiger charge is -2.17. The Labute approximate surface area is 58.1 Å². The summed E-state index contributed by atoms with van der Waals surface area (Å²) in [5.74, 6) is 0. The first kappa shape index (κ1) is 9.51. The zero-order valence-electron chi connectivity index (χ0n) is 5.34. The average molecular weight is 149 g/mol. The molecular weight excluding hydrogens is 138 g/mol. The summed E-state index contributed by atoms with van der Waals surface area (Å²) in [5, 5.41) is 25.7. The third kappa shape index (κ3) is 2.40. The quantitative estimate of drug-likeness (QED) is 0.324. The van der Waals surface area contributed by atoms with E-state index in [0.29, 0.717) is 0 Å². The van der Waals surface area contributed by atoms with Crippen molar-refractivity contribution in [2.75, 3.05) is 6.61 Å². The van der Waals surface area contributed by atoms with E-state index in [2.05, 4.69) is 0 Å². The Morgan fingerprint density at radius 2 is 2.00 bits per heavy atom. The first-order chi connectivity index (χ1) is 4.63. The molecule has 0 heterocycles. The van der Waals surface area contributed by atoms with Gasteiger partial charge in [-0.2, -0.15) is 0 Å². The van der Waals surface area contributed by atoms with Gasteiger partial charge < -0.3 is 25.8 Å². The fourth-order valence-electron chi connectivity index (χ4n) is 0.440. The molecule has 0 saturated heterocycles. The molecule has 0 aliphatic carbocycles. The maximum Gasteiger partial charge on any atom is 0.150 e. The van der Waals surface area contributed by atoms with E-state index in [1.165, 1.54) is 0 Å². The smallest absolute Gasteiger partial charge is 0.150 e. The molecule has 5 N–H and O–H groups in total. The lowest BCUT2D eigenvalue weighted by atomic mass is 10.1. The van der Waals surface area contributed by atoms with Crippen molar-refractivity contribution >= 4 is 6.29 Å². The second-order valence-electron chi connectivity index (χ2n) is 1.95. The molecule has 0 aromatic rings. The van der Waals surface area contributed by atoms with E-state index in [9.17, 15) is 4.79 Å². The molecule has 0 unspecified atom stereocenters. The van der Waals surface area contributed by atoms with Crippen LogP contribution >= 0.6 is 0 Å². The molecule has 5 nitrogen and oxygen atoms in total. The van der Waals surface area contributed by atoms with Gasteiger partial charge in [0.1, 0.15) is 12.4 Å². The van der Waals surface area contributed by atoms with Crippen molar-refractivity contribution in [2.24, 2.45) is 5.73 Å². The first-order valence-electron chi connectivity index (χ1n) is 2.81. The number of hydrogen-bond acceptors (Lipinski definition) is 5. The van der Waals surface area contributed by atoms with E-state index in [1.807, 2.05) is 0 Å². The molecule has 0 fully saturated rings. The summed E-state index contributed by atoms with van der Waals surface area (Å²) in [6.45, 7) is -0.563. The second kappa shape index (κ2) is 4.35. The van der Waals surface area contributed by atoms with Crippen LogP contribution in [0.2, 0.25) is 0 Å². The number of carbonyl (C=O) groups excluding carboxylic acids is 1. The highest BCUT2D eigenvalue weighted by atomic mass is 16.3. The van der Waals surface area contributed by atoms with Crippen LogP contribution in [0.4, 0.5) is 0 Å². The largest absolute Gasteiger partial charge is 0.394 e. The van der Waals surface area contributed by atoms with Crippen LogP contribution in [0, 0.1) is 0 Å². The summed E-state index contributed by atoms with van der Waals surface area (Å²) >= 11 is 0. The van der Waals surface area contributed by atoms with E-state index in [0.717, 1.165) is 0 Å². The van der Waals surface area contributed by atoms with Crippen LogP contribution in [0.5, 0.6) is 0 Å². The van der Waals surface area contributed by atoms with Crippen molar-refractivity contribution in [3.8, 4) is 0 Å². The topological polar surface area (TPSA) is 104 Å². The van der Waals surface area contributed by atoms with Gasteiger partial charge in [-0.05, 0) is 0 Å². The number of aliphatic hydroxyl groups excluding tert-OH is 3. The molecule has 0 radical (unpaired) electrons. The van der Waals surface area contributed by atoms with E-state index in [-0.39, 0.29) is 6.29 Å².